The first-order chi connectivity index (χ1) is 9.36. The summed E-state index contributed by atoms with van der Waals surface area (Å²) in [5, 5.41) is 2.54. The molecule has 2 nitrogen and oxygen atoms in total. The molecule has 1 rings (SSSR count). The van der Waals surface area contributed by atoms with Gasteiger partial charge in [0.2, 0.25) is 0 Å². The van der Waals surface area contributed by atoms with E-state index in [0.29, 0.717) is 18.1 Å². The van der Waals surface area contributed by atoms with Crippen LogP contribution in [0.4, 0.5) is 13.2 Å². The number of nitrogens with one attached hydrogen (secondary N) is 1. The fourth-order valence-corrected chi connectivity index (χ4v) is 2.33. The summed E-state index contributed by atoms with van der Waals surface area (Å²) in [6.07, 6.45) is 0.562. The maximum atomic E-state index is 12.7. The second-order valence-corrected chi connectivity index (χ2v) is 5.66. The minimum Gasteiger partial charge on any atom is -0.351 e. The van der Waals surface area contributed by atoms with Crippen molar-refractivity contribution in [1.82, 2.24) is 5.32 Å². The lowest BCUT2D eigenvalue weighted by molar-refractivity contribution is -0.138. The van der Waals surface area contributed by atoms with Gasteiger partial charge in [0.05, 0.1) is 11.3 Å². The molecule has 0 fully saturated rings. The zero-order valence-corrected chi connectivity index (χ0v) is 12.7. The molecule has 0 heterocycles. The molecule has 1 aromatic carbocycles. The minimum absolute atomic E-state index is 0.0255. The summed E-state index contributed by atoms with van der Waals surface area (Å²) in [5.41, 5.74) is -0.894. The molecular formula is C13H11BrF3NOS. The second kappa shape index (κ2) is 7.60. The van der Waals surface area contributed by atoms with Gasteiger partial charge in [-0.15, -0.1) is 18.2 Å². The van der Waals surface area contributed by atoms with Gasteiger partial charge in [-0.25, -0.2) is 0 Å². The highest BCUT2D eigenvalue weighted by atomic mass is 79.9. The van der Waals surface area contributed by atoms with E-state index in [0.717, 1.165) is 6.07 Å². The van der Waals surface area contributed by atoms with Gasteiger partial charge in [0.1, 0.15) is 0 Å². The van der Waals surface area contributed by atoms with Crippen LogP contribution in [-0.4, -0.2) is 24.0 Å². The Bertz CT molecular complexity index is 525. The Morgan fingerprint density at radius 2 is 2.15 bits per heavy atom. The predicted molar refractivity (Wildman–Crippen MR) is 77.6 cm³/mol. The van der Waals surface area contributed by atoms with Gasteiger partial charge in [-0.2, -0.15) is 13.2 Å². The van der Waals surface area contributed by atoms with Gasteiger partial charge >= 0.3 is 6.18 Å². The van der Waals surface area contributed by atoms with E-state index in [4.69, 9.17) is 6.42 Å². The monoisotopic (exact) mass is 365 g/mol. The van der Waals surface area contributed by atoms with Crippen LogP contribution >= 0.6 is 27.7 Å². The third-order valence-electron chi connectivity index (χ3n) is 2.25. The first-order valence-electron chi connectivity index (χ1n) is 5.52. The Hall–Kier alpha value is -1.13. The highest BCUT2D eigenvalue weighted by Gasteiger charge is 2.33. The van der Waals surface area contributed by atoms with Crippen LogP contribution in [0.2, 0.25) is 0 Å². The number of hydrogen-bond donors (Lipinski definition) is 1. The average Bonchev–Trinajstić information content (AvgIpc) is 2.37. The molecule has 0 aromatic heterocycles. The third-order valence-corrected chi connectivity index (χ3v) is 3.81. The fourth-order valence-electron chi connectivity index (χ4n) is 1.35. The van der Waals surface area contributed by atoms with Gasteiger partial charge in [0, 0.05) is 22.3 Å². The Labute approximate surface area is 127 Å². The predicted octanol–water partition coefficient (Wildman–Crippen LogP) is 3.56. The van der Waals surface area contributed by atoms with E-state index in [-0.39, 0.29) is 10.0 Å². The maximum Gasteiger partial charge on any atom is 0.417 e. The molecule has 0 aliphatic carbocycles. The Kier molecular flexibility index (Phi) is 6.43. The molecule has 0 atom stereocenters. The second-order valence-electron chi connectivity index (χ2n) is 3.70. The minimum atomic E-state index is -4.50. The van der Waals surface area contributed by atoms with Crippen molar-refractivity contribution in [3.8, 4) is 12.3 Å². The molecule has 1 amide bonds. The number of hydrogen-bond acceptors (Lipinski definition) is 2. The number of halogens is 4. The summed E-state index contributed by atoms with van der Waals surface area (Å²) in [7, 11) is 0. The highest BCUT2D eigenvalue weighted by molar-refractivity contribution is 9.10. The number of rotatable bonds is 5. The van der Waals surface area contributed by atoms with Crippen molar-refractivity contribution in [2.75, 3.05) is 18.1 Å². The molecule has 20 heavy (non-hydrogen) atoms. The molecule has 0 aliphatic heterocycles. The van der Waals surface area contributed by atoms with Crippen LogP contribution in [0.3, 0.4) is 0 Å². The Balaban J connectivity index is 2.68. The first-order valence-corrected chi connectivity index (χ1v) is 7.47. The van der Waals surface area contributed by atoms with E-state index in [1.54, 1.807) is 0 Å². The van der Waals surface area contributed by atoms with Crippen molar-refractivity contribution < 1.29 is 18.0 Å². The Morgan fingerprint density at radius 3 is 2.75 bits per heavy atom. The lowest BCUT2D eigenvalue weighted by atomic mass is 10.1. The number of amides is 1. The number of terminal acetylenes is 1. The SMILES string of the molecule is C#CCSCCNC(=O)c1ccc(Br)c(C(F)(F)F)c1. The lowest BCUT2D eigenvalue weighted by Gasteiger charge is -2.11. The van der Waals surface area contributed by atoms with Gasteiger partial charge in [-0.1, -0.05) is 21.9 Å². The zero-order valence-electron chi connectivity index (χ0n) is 10.3. The first kappa shape index (κ1) is 16.9. The van der Waals surface area contributed by atoms with Crippen LogP contribution < -0.4 is 5.32 Å². The van der Waals surface area contributed by atoms with Crippen molar-refractivity contribution in [3.63, 3.8) is 0 Å². The normalized spacial score (nSPS) is 10.9. The molecule has 0 saturated carbocycles. The van der Waals surface area contributed by atoms with Crippen molar-refractivity contribution in [1.29, 1.82) is 0 Å². The summed E-state index contributed by atoms with van der Waals surface area (Å²) in [5.74, 6) is 3.04. The van der Waals surface area contributed by atoms with E-state index < -0.39 is 17.6 Å². The lowest BCUT2D eigenvalue weighted by Crippen LogP contribution is -2.26. The topological polar surface area (TPSA) is 29.1 Å². The number of alkyl halides is 3. The van der Waals surface area contributed by atoms with E-state index in [2.05, 4.69) is 27.2 Å². The molecule has 108 valence electrons. The molecule has 1 aromatic rings. The molecule has 0 bridgehead atoms. The van der Waals surface area contributed by atoms with Crippen LogP contribution in [0.15, 0.2) is 22.7 Å². The molecule has 1 N–H and O–H groups in total. The number of benzene rings is 1. The quantitative estimate of drug-likeness (QED) is 0.638. The van der Waals surface area contributed by atoms with E-state index in [9.17, 15) is 18.0 Å². The van der Waals surface area contributed by atoms with Crippen molar-refractivity contribution >= 4 is 33.6 Å². The summed E-state index contributed by atoms with van der Waals surface area (Å²) < 4.78 is 38.0. The maximum absolute atomic E-state index is 12.7. The fraction of sp³-hybridized carbons (Fsp3) is 0.308. The van der Waals surface area contributed by atoms with E-state index in [1.807, 2.05) is 0 Å². The van der Waals surface area contributed by atoms with Gasteiger partial charge in [0.25, 0.3) is 5.91 Å². The van der Waals surface area contributed by atoms with Crippen LogP contribution in [0.1, 0.15) is 15.9 Å². The molecule has 0 aliphatic rings. The van der Waals surface area contributed by atoms with Gasteiger partial charge in [-0.05, 0) is 18.2 Å². The summed E-state index contributed by atoms with van der Waals surface area (Å²) in [6.45, 7) is 0.350. The largest absolute Gasteiger partial charge is 0.417 e. The highest BCUT2D eigenvalue weighted by Crippen LogP contribution is 2.35. The average molecular weight is 366 g/mol. The van der Waals surface area contributed by atoms with Crippen LogP contribution in [0.5, 0.6) is 0 Å². The summed E-state index contributed by atoms with van der Waals surface area (Å²) in [4.78, 5) is 11.7. The van der Waals surface area contributed by atoms with Crippen LogP contribution in [0.25, 0.3) is 0 Å². The number of carbonyl (C=O) groups is 1. The summed E-state index contributed by atoms with van der Waals surface area (Å²) >= 11 is 4.28. The van der Waals surface area contributed by atoms with Gasteiger partial charge < -0.3 is 5.32 Å². The summed E-state index contributed by atoms with van der Waals surface area (Å²) in [6, 6.07) is 3.38. The van der Waals surface area contributed by atoms with Gasteiger partial charge in [-0.3, -0.25) is 4.79 Å². The van der Waals surface area contributed by atoms with E-state index in [1.165, 1.54) is 23.9 Å². The van der Waals surface area contributed by atoms with Crippen molar-refractivity contribution in [2.45, 2.75) is 6.18 Å². The number of thioether (sulfide) groups is 1. The van der Waals surface area contributed by atoms with E-state index >= 15 is 0 Å². The zero-order chi connectivity index (χ0) is 15.2. The molecule has 7 heteroatoms. The van der Waals surface area contributed by atoms with Crippen LogP contribution in [-0.2, 0) is 6.18 Å². The molecule has 0 radical (unpaired) electrons. The standard InChI is InChI=1S/C13H11BrF3NOS/c1-2-6-20-7-5-18-12(19)9-3-4-11(14)10(8-9)13(15,16)17/h1,3-4,8H,5-7H2,(H,18,19). The smallest absolute Gasteiger partial charge is 0.351 e. The Morgan fingerprint density at radius 1 is 1.45 bits per heavy atom. The molecular weight excluding hydrogens is 355 g/mol. The molecule has 0 saturated heterocycles. The number of carbonyl (C=O) groups excluding carboxylic acids is 1. The molecule has 0 spiro atoms. The van der Waals surface area contributed by atoms with Crippen LogP contribution in [0, 0.1) is 12.3 Å². The van der Waals surface area contributed by atoms with Crippen molar-refractivity contribution in [3.05, 3.63) is 33.8 Å². The van der Waals surface area contributed by atoms with Crippen molar-refractivity contribution in [2.24, 2.45) is 0 Å². The molecule has 0 unspecified atom stereocenters. The third kappa shape index (κ3) is 5.10. The van der Waals surface area contributed by atoms with Gasteiger partial charge in [0.15, 0.2) is 0 Å².